The van der Waals surface area contributed by atoms with Crippen LogP contribution in [-0.2, 0) is 5.75 Å². The molecule has 1 N–H and O–H groups in total. The Hall–Kier alpha value is -1.79. The molecule has 1 amide bonds. The standard InChI is InChI=1S/C21H27ClN4OS/c1-15(2)13-23-20(27)17-8-6-7-16(11-17)14-28-21-24-18(22)12-19(25-21)26-9-4-3-5-10-26/h6-8,11-12,15H,3-5,9-10,13-14H2,1-2H3,(H,23,27). The summed E-state index contributed by atoms with van der Waals surface area (Å²) in [4.78, 5) is 23.6. The molecule has 0 radical (unpaired) electrons. The van der Waals surface area contributed by atoms with E-state index in [1.165, 1.54) is 31.0 Å². The summed E-state index contributed by atoms with van der Waals surface area (Å²) in [5.74, 6) is 1.98. The zero-order valence-electron chi connectivity index (χ0n) is 16.4. The predicted molar refractivity (Wildman–Crippen MR) is 116 cm³/mol. The van der Waals surface area contributed by atoms with E-state index in [-0.39, 0.29) is 5.91 Å². The maximum atomic E-state index is 12.3. The lowest BCUT2D eigenvalue weighted by molar-refractivity contribution is 0.0949. The maximum absolute atomic E-state index is 12.3. The van der Waals surface area contributed by atoms with Gasteiger partial charge in [0.25, 0.3) is 5.91 Å². The van der Waals surface area contributed by atoms with Crippen molar-refractivity contribution in [3.05, 3.63) is 46.6 Å². The minimum atomic E-state index is -0.0352. The molecule has 1 aromatic heterocycles. The highest BCUT2D eigenvalue weighted by Crippen LogP contribution is 2.26. The lowest BCUT2D eigenvalue weighted by Crippen LogP contribution is -2.30. The van der Waals surface area contributed by atoms with Crippen molar-refractivity contribution in [3.63, 3.8) is 0 Å². The van der Waals surface area contributed by atoms with Gasteiger partial charge in [0.1, 0.15) is 11.0 Å². The number of aromatic nitrogens is 2. The lowest BCUT2D eigenvalue weighted by atomic mass is 10.1. The highest BCUT2D eigenvalue weighted by atomic mass is 35.5. The molecule has 1 aliphatic rings. The summed E-state index contributed by atoms with van der Waals surface area (Å²) in [5, 5.41) is 4.10. The Morgan fingerprint density at radius 1 is 1.21 bits per heavy atom. The fourth-order valence-corrected chi connectivity index (χ4v) is 4.11. The van der Waals surface area contributed by atoms with E-state index >= 15 is 0 Å². The minimum Gasteiger partial charge on any atom is -0.356 e. The lowest BCUT2D eigenvalue weighted by Gasteiger charge is -2.27. The van der Waals surface area contributed by atoms with E-state index in [0.717, 1.165) is 24.5 Å². The molecular weight excluding hydrogens is 392 g/mol. The molecule has 3 rings (SSSR count). The first-order chi connectivity index (χ1) is 13.5. The summed E-state index contributed by atoms with van der Waals surface area (Å²) in [6, 6.07) is 9.55. The van der Waals surface area contributed by atoms with Crippen molar-refractivity contribution in [1.29, 1.82) is 0 Å². The van der Waals surface area contributed by atoms with Gasteiger partial charge in [-0.15, -0.1) is 0 Å². The second kappa shape index (κ2) is 10.1. The van der Waals surface area contributed by atoms with Crippen molar-refractivity contribution in [3.8, 4) is 0 Å². The molecule has 150 valence electrons. The molecule has 0 saturated carbocycles. The van der Waals surface area contributed by atoms with Crippen LogP contribution in [0, 0.1) is 5.92 Å². The Kier molecular flexibility index (Phi) is 7.57. The molecule has 0 bridgehead atoms. The first kappa shape index (κ1) is 20.9. The van der Waals surface area contributed by atoms with Crippen molar-refractivity contribution < 1.29 is 4.79 Å². The number of amides is 1. The fourth-order valence-electron chi connectivity index (χ4n) is 3.08. The van der Waals surface area contributed by atoms with Gasteiger partial charge in [0.05, 0.1) is 0 Å². The Balaban J connectivity index is 1.64. The average molecular weight is 419 g/mol. The van der Waals surface area contributed by atoms with Crippen LogP contribution in [0.25, 0.3) is 0 Å². The van der Waals surface area contributed by atoms with Crippen molar-refractivity contribution >= 4 is 35.1 Å². The third-order valence-corrected chi connectivity index (χ3v) is 5.68. The van der Waals surface area contributed by atoms with Gasteiger partial charge in [0, 0.05) is 37.0 Å². The monoisotopic (exact) mass is 418 g/mol. The van der Waals surface area contributed by atoms with Gasteiger partial charge in [-0.1, -0.05) is 49.3 Å². The topological polar surface area (TPSA) is 58.1 Å². The number of hydrogen-bond acceptors (Lipinski definition) is 5. The number of rotatable bonds is 7. The van der Waals surface area contributed by atoms with Crippen LogP contribution in [0.3, 0.4) is 0 Å². The third-order valence-electron chi connectivity index (χ3n) is 4.57. The van der Waals surface area contributed by atoms with Gasteiger partial charge >= 0.3 is 0 Å². The Morgan fingerprint density at radius 2 is 2.00 bits per heavy atom. The van der Waals surface area contributed by atoms with Crippen LogP contribution in [0.15, 0.2) is 35.5 Å². The van der Waals surface area contributed by atoms with Crippen LogP contribution in [0.2, 0.25) is 5.15 Å². The maximum Gasteiger partial charge on any atom is 0.251 e. The largest absolute Gasteiger partial charge is 0.356 e. The van der Waals surface area contributed by atoms with E-state index < -0.39 is 0 Å². The SMILES string of the molecule is CC(C)CNC(=O)c1cccc(CSc2nc(Cl)cc(N3CCCCC3)n2)c1. The van der Waals surface area contributed by atoms with Crippen LogP contribution in [0.5, 0.6) is 0 Å². The van der Waals surface area contributed by atoms with Gasteiger partial charge in [-0.05, 0) is 42.9 Å². The molecule has 28 heavy (non-hydrogen) atoms. The molecule has 7 heteroatoms. The Bertz CT molecular complexity index is 809. The number of piperidine rings is 1. The van der Waals surface area contributed by atoms with Crippen molar-refractivity contribution in [2.45, 2.75) is 44.0 Å². The molecule has 1 aliphatic heterocycles. The molecule has 0 unspecified atom stereocenters. The number of carbonyl (C=O) groups excluding carboxylic acids is 1. The Morgan fingerprint density at radius 3 is 2.75 bits per heavy atom. The molecule has 2 heterocycles. The normalized spacial score (nSPS) is 14.4. The molecule has 0 spiro atoms. The van der Waals surface area contributed by atoms with Crippen LogP contribution in [0.1, 0.15) is 49.0 Å². The fraction of sp³-hybridized carbons (Fsp3) is 0.476. The van der Waals surface area contributed by atoms with E-state index in [1.807, 2.05) is 30.3 Å². The Labute approximate surface area is 176 Å². The number of nitrogens with one attached hydrogen (secondary N) is 1. The van der Waals surface area contributed by atoms with Gasteiger partial charge in [0.2, 0.25) is 0 Å². The van der Waals surface area contributed by atoms with E-state index in [4.69, 9.17) is 16.6 Å². The molecule has 2 aromatic rings. The predicted octanol–water partition coefficient (Wildman–Crippen LogP) is 4.80. The average Bonchev–Trinajstić information content (AvgIpc) is 2.71. The second-order valence-corrected chi connectivity index (χ2v) is 8.80. The van der Waals surface area contributed by atoms with Gasteiger partial charge < -0.3 is 10.2 Å². The van der Waals surface area contributed by atoms with Crippen LogP contribution in [0.4, 0.5) is 5.82 Å². The number of halogens is 1. The van der Waals surface area contributed by atoms with Gasteiger partial charge in [-0.25, -0.2) is 9.97 Å². The van der Waals surface area contributed by atoms with Crippen LogP contribution >= 0.6 is 23.4 Å². The quantitative estimate of drug-likeness (QED) is 0.397. The van der Waals surface area contributed by atoms with Crippen molar-refractivity contribution in [1.82, 2.24) is 15.3 Å². The summed E-state index contributed by atoms with van der Waals surface area (Å²) in [5.41, 5.74) is 1.74. The number of benzene rings is 1. The second-order valence-electron chi connectivity index (χ2n) is 7.47. The van der Waals surface area contributed by atoms with E-state index in [9.17, 15) is 4.79 Å². The van der Waals surface area contributed by atoms with Crippen LogP contribution < -0.4 is 10.2 Å². The molecule has 5 nitrogen and oxygen atoms in total. The van der Waals surface area contributed by atoms with Crippen molar-refractivity contribution in [2.24, 2.45) is 5.92 Å². The number of thioether (sulfide) groups is 1. The number of hydrogen-bond donors (Lipinski definition) is 1. The molecule has 1 saturated heterocycles. The summed E-state index contributed by atoms with van der Waals surface area (Å²) >= 11 is 7.77. The smallest absolute Gasteiger partial charge is 0.251 e. The highest BCUT2D eigenvalue weighted by molar-refractivity contribution is 7.98. The first-order valence-corrected chi connectivity index (χ1v) is 11.2. The van der Waals surface area contributed by atoms with E-state index in [0.29, 0.717) is 34.1 Å². The summed E-state index contributed by atoms with van der Waals surface area (Å²) < 4.78 is 0. The molecule has 0 aliphatic carbocycles. The van der Waals surface area contributed by atoms with Crippen LogP contribution in [-0.4, -0.2) is 35.5 Å². The summed E-state index contributed by atoms with van der Waals surface area (Å²) in [6.45, 7) is 6.87. The van der Waals surface area contributed by atoms with Gasteiger partial charge in [-0.2, -0.15) is 0 Å². The molecule has 0 atom stereocenters. The first-order valence-electron chi connectivity index (χ1n) is 9.81. The van der Waals surface area contributed by atoms with Gasteiger partial charge in [-0.3, -0.25) is 4.79 Å². The van der Waals surface area contributed by atoms with Gasteiger partial charge in [0.15, 0.2) is 5.16 Å². The number of nitrogens with zero attached hydrogens (tertiary/aromatic N) is 3. The van der Waals surface area contributed by atoms with E-state index in [1.54, 1.807) is 0 Å². The molecule has 1 aromatic carbocycles. The minimum absolute atomic E-state index is 0.0352. The van der Waals surface area contributed by atoms with E-state index in [2.05, 4.69) is 29.0 Å². The number of carbonyl (C=O) groups is 1. The third kappa shape index (κ3) is 6.11. The molecule has 1 fully saturated rings. The zero-order chi connectivity index (χ0) is 19.9. The summed E-state index contributed by atoms with van der Waals surface area (Å²) in [6.07, 6.45) is 3.66. The number of anilines is 1. The summed E-state index contributed by atoms with van der Waals surface area (Å²) in [7, 11) is 0. The zero-order valence-corrected chi connectivity index (χ0v) is 18.0. The molecular formula is C21H27ClN4OS. The van der Waals surface area contributed by atoms with Crippen molar-refractivity contribution in [2.75, 3.05) is 24.5 Å². The highest BCUT2D eigenvalue weighted by Gasteiger charge is 2.15.